The van der Waals surface area contributed by atoms with E-state index in [4.69, 9.17) is 37.4 Å². The molecule has 0 radical (unpaired) electrons. The summed E-state index contributed by atoms with van der Waals surface area (Å²) in [5, 5.41) is 3.31. The number of amidine groups is 1. The number of thioether (sulfide) groups is 1. The summed E-state index contributed by atoms with van der Waals surface area (Å²) in [5.74, 6) is 0.813. The zero-order valence-corrected chi connectivity index (χ0v) is 23.0. The molecule has 1 aliphatic heterocycles. The minimum absolute atomic E-state index is 0.196. The fraction of sp³-hybridized carbons (Fsp3) is 0.179. The number of amides is 2. The highest BCUT2D eigenvalue weighted by Crippen LogP contribution is 2.37. The van der Waals surface area contributed by atoms with Crippen LogP contribution in [0.25, 0.3) is 6.08 Å². The fourth-order valence-electron chi connectivity index (χ4n) is 3.49. The molecule has 0 atom stereocenters. The van der Waals surface area contributed by atoms with Crippen molar-refractivity contribution in [2.24, 2.45) is 4.99 Å². The molecule has 196 valence electrons. The van der Waals surface area contributed by atoms with Gasteiger partial charge in [-0.3, -0.25) is 9.59 Å². The maximum atomic E-state index is 12.1. The van der Waals surface area contributed by atoms with Crippen LogP contribution in [0.2, 0.25) is 10.0 Å². The van der Waals surface area contributed by atoms with E-state index >= 15 is 0 Å². The first-order valence-electron chi connectivity index (χ1n) is 11.7. The van der Waals surface area contributed by atoms with Crippen LogP contribution < -0.4 is 19.5 Å². The van der Waals surface area contributed by atoms with Crippen molar-refractivity contribution < 1.29 is 23.8 Å². The molecule has 7 nitrogen and oxygen atoms in total. The van der Waals surface area contributed by atoms with Gasteiger partial charge in [-0.15, -0.1) is 0 Å². The lowest BCUT2D eigenvalue weighted by Crippen LogP contribution is -2.23. The van der Waals surface area contributed by atoms with Crippen molar-refractivity contribution in [2.75, 3.05) is 6.61 Å². The molecular weight excluding hydrogens is 547 g/mol. The Morgan fingerprint density at radius 3 is 2.34 bits per heavy atom. The summed E-state index contributed by atoms with van der Waals surface area (Å²) in [4.78, 5) is 27.5. The quantitative estimate of drug-likeness (QED) is 0.289. The molecule has 0 aliphatic carbocycles. The SMILES string of the molecule is CCOc1cc(COc2c(Cl)cc(/C=C3/SC(NC(C)=O)=NC3=O)cc2Cl)ccc1OCc1ccccc1. The predicted octanol–water partition coefficient (Wildman–Crippen LogP) is 6.66. The molecule has 0 spiro atoms. The van der Waals surface area contributed by atoms with Crippen LogP contribution in [0, 0.1) is 0 Å². The Bertz CT molecular complexity index is 1390. The second-order valence-electron chi connectivity index (χ2n) is 8.10. The molecule has 0 fully saturated rings. The highest BCUT2D eigenvalue weighted by atomic mass is 35.5. The van der Waals surface area contributed by atoms with Crippen LogP contribution in [-0.4, -0.2) is 23.6 Å². The summed E-state index contributed by atoms with van der Waals surface area (Å²) in [5.41, 5.74) is 2.50. The number of halogens is 2. The van der Waals surface area contributed by atoms with E-state index in [0.717, 1.165) is 22.9 Å². The van der Waals surface area contributed by atoms with Crippen molar-refractivity contribution in [1.82, 2.24) is 5.32 Å². The van der Waals surface area contributed by atoms with Gasteiger partial charge in [-0.2, -0.15) is 4.99 Å². The lowest BCUT2D eigenvalue weighted by molar-refractivity contribution is -0.117. The number of nitrogens with zero attached hydrogens (tertiary/aromatic N) is 1. The highest BCUT2D eigenvalue weighted by molar-refractivity contribution is 8.18. The number of benzene rings is 3. The Kier molecular flexibility index (Phi) is 9.33. The van der Waals surface area contributed by atoms with Gasteiger partial charge in [0.2, 0.25) is 5.91 Å². The number of carbonyl (C=O) groups is 2. The van der Waals surface area contributed by atoms with Crippen molar-refractivity contribution in [3.63, 3.8) is 0 Å². The normalized spacial score (nSPS) is 13.8. The molecule has 1 N–H and O–H groups in total. The third-order valence-electron chi connectivity index (χ3n) is 5.15. The van der Waals surface area contributed by atoms with E-state index in [1.807, 2.05) is 55.5 Å². The molecule has 4 rings (SSSR count). The Morgan fingerprint density at radius 1 is 0.947 bits per heavy atom. The van der Waals surface area contributed by atoms with Crippen LogP contribution in [-0.2, 0) is 22.8 Å². The predicted molar refractivity (Wildman–Crippen MR) is 151 cm³/mol. The summed E-state index contributed by atoms with van der Waals surface area (Å²) >= 11 is 14.0. The minimum atomic E-state index is -0.451. The van der Waals surface area contributed by atoms with E-state index in [9.17, 15) is 9.59 Å². The molecule has 0 saturated carbocycles. The zero-order valence-electron chi connectivity index (χ0n) is 20.6. The topological polar surface area (TPSA) is 86.2 Å². The Morgan fingerprint density at radius 2 is 1.66 bits per heavy atom. The number of hydrogen-bond donors (Lipinski definition) is 1. The minimum Gasteiger partial charge on any atom is -0.490 e. The molecule has 0 saturated heterocycles. The third kappa shape index (κ3) is 7.31. The number of carbonyl (C=O) groups excluding carboxylic acids is 2. The molecule has 1 aliphatic rings. The lowest BCUT2D eigenvalue weighted by atomic mass is 10.2. The monoisotopic (exact) mass is 570 g/mol. The Labute approximate surface area is 234 Å². The van der Waals surface area contributed by atoms with Crippen LogP contribution in [0.1, 0.15) is 30.5 Å². The summed E-state index contributed by atoms with van der Waals surface area (Å²) < 4.78 is 17.7. The van der Waals surface area contributed by atoms with Gasteiger partial charge in [-0.05, 0) is 65.7 Å². The average molecular weight is 571 g/mol. The first kappa shape index (κ1) is 27.6. The Hall–Kier alpha value is -3.46. The van der Waals surface area contributed by atoms with E-state index in [2.05, 4.69) is 10.3 Å². The summed E-state index contributed by atoms with van der Waals surface area (Å²) in [6.07, 6.45) is 1.61. The fourth-order valence-corrected chi connectivity index (χ4v) is 4.96. The molecule has 0 bridgehead atoms. The number of ether oxygens (including phenoxy) is 3. The highest BCUT2D eigenvalue weighted by Gasteiger charge is 2.23. The van der Waals surface area contributed by atoms with Crippen LogP contribution >= 0.6 is 35.0 Å². The summed E-state index contributed by atoms with van der Waals surface area (Å²) in [6, 6.07) is 18.8. The summed E-state index contributed by atoms with van der Waals surface area (Å²) in [6.45, 7) is 4.36. The average Bonchev–Trinajstić information content (AvgIpc) is 3.21. The maximum absolute atomic E-state index is 12.1. The maximum Gasteiger partial charge on any atom is 0.286 e. The molecule has 0 unspecified atom stereocenters. The van der Waals surface area contributed by atoms with Crippen LogP contribution in [0.5, 0.6) is 17.2 Å². The molecular formula is C28H24Cl2N2O5S. The number of hydrogen-bond acceptors (Lipinski definition) is 6. The van der Waals surface area contributed by atoms with Crippen molar-refractivity contribution in [3.8, 4) is 17.2 Å². The summed E-state index contributed by atoms with van der Waals surface area (Å²) in [7, 11) is 0. The van der Waals surface area contributed by atoms with Crippen molar-refractivity contribution >= 4 is 58.0 Å². The van der Waals surface area contributed by atoms with Gasteiger partial charge in [0.15, 0.2) is 22.4 Å². The van der Waals surface area contributed by atoms with Gasteiger partial charge in [-0.25, -0.2) is 0 Å². The van der Waals surface area contributed by atoms with Gasteiger partial charge in [0, 0.05) is 6.92 Å². The van der Waals surface area contributed by atoms with Gasteiger partial charge < -0.3 is 19.5 Å². The largest absolute Gasteiger partial charge is 0.490 e. The Balaban J connectivity index is 1.43. The van der Waals surface area contributed by atoms with E-state index in [0.29, 0.717) is 40.9 Å². The van der Waals surface area contributed by atoms with E-state index in [1.165, 1.54) is 6.92 Å². The first-order chi connectivity index (χ1) is 18.3. The smallest absolute Gasteiger partial charge is 0.286 e. The van der Waals surface area contributed by atoms with Crippen molar-refractivity contribution in [1.29, 1.82) is 0 Å². The standard InChI is InChI=1S/C28H24Cl2N2O5S/c1-3-35-24-13-19(9-10-23(24)36-15-18-7-5-4-6-8-18)16-37-26-21(29)11-20(12-22(26)30)14-25-27(34)32-28(38-25)31-17(2)33/h4-14H,3,15-16H2,1-2H3,(H,31,32,33,34)/b25-14+. The van der Waals surface area contributed by atoms with Crippen molar-refractivity contribution in [3.05, 3.63) is 92.3 Å². The van der Waals surface area contributed by atoms with Gasteiger partial charge in [-0.1, -0.05) is 59.6 Å². The zero-order chi connectivity index (χ0) is 27.1. The number of aliphatic imine (C=N–C) groups is 1. The molecule has 1 heterocycles. The number of nitrogens with one attached hydrogen (secondary N) is 1. The second-order valence-corrected chi connectivity index (χ2v) is 9.95. The number of rotatable bonds is 9. The molecule has 10 heteroatoms. The molecule has 38 heavy (non-hydrogen) atoms. The van der Waals surface area contributed by atoms with E-state index < -0.39 is 5.91 Å². The van der Waals surface area contributed by atoms with Crippen LogP contribution in [0.15, 0.2) is 70.6 Å². The lowest BCUT2D eigenvalue weighted by Gasteiger charge is -2.15. The molecule has 3 aromatic carbocycles. The first-order valence-corrected chi connectivity index (χ1v) is 13.2. The van der Waals surface area contributed by atoms with Gasteiger partial charge >= 0.3 is 0 Å². The third-order valence-corrected chi connectivity index (χ3v) is 6.61. The van der Waals surface area contributed by atoms with Crippen molar-refractivity contribution in [2.45, 2.75) is 27.1 Å². The van der Waals surface area contributed by atoms with E-state index in [1.54, 1.807) is 18.2 Å². The van der Waals surface area contributed by atoms with Crippen LogP contribution in [0.4, 0.5) is 0 Å². The molecule has 3 aromatic rings. The molecule has 0 aromatic heterocycles. The van der Waals surface area contributed by atoms with Gasteiger partial charge in [0.05, 0.1) is 21.6 Å². The van der Waals surface area contributed by atoms with Gasteiger partial charge in [0.1, 0.15) is 13.2 Å². The second kappa shape index (κ2) is 12.9. The molecule has 2 amide bonds. The van der Waals surface area contributed by atoms with E-state index in [-0.39, 0.29) is 27.7 Å². The van der Waals surface area contributed by atoms with Gasteiger partial charge in [0.25, 0.3) is 5.91 Å². The van der Waals surface area contributed by atoms with Crippen LogP contribution in [0.3, 0.4) is 0 Å².